The number of aryl methyl sites for hydroxylation is 1. The third kappa shape index (κ3) is 4.58. The summed E-state index contributed by atoms with van der Waals surface area (Å²) < 4.78 is 21.9. The molecule has 1 aromatic carbocycles. The monoisotopic (exact) mass is 366 g/mol. The Morgan fingerprint density at radius 1 is 1.48 bits per heavy atom. The molecular formula is C18H24ClFN4O. The Kier molecular flexibility index (Phi) is 6.06. The number of benzene rings is 1. The van der Waals surface area contributed by atoms with Crippen molar-refractivity contribution in [1.82, 2.24) is 20.0 Å². The molecule has 0 unspecified atom stereocenters. The summed E-state index contributed by atoms with van der Waals surface area (Å²) in [4.78, 5) is 2.24. The van der Waals surface area contributed by atoms with Crippen molar-refractivity contribution in [1.29, 1.82) is 0 Å². The van der Waals surface area contributed by atoms with Crippen LogP contribution in [0.2, 0.25) is 5.02 Å². The molecule has 0 amide bonds. The Hall–Kier alpha value is -1.47. The zero-order valence-corrected chi connectivity index (χ0v) is 15.3. The fraction of sp³-hybridized carbons (Fsp3) is 0.500. The van der Waals surface area contributed by atoms with Gasteiger partial charge in [-0.3, -0.25) is 9.58 Å². The summed E-state index contributed by atoms with van der Waals surface area (Å²) in [6.07, 6.45) is 3.92. The summed E-state index contributed by atoms with van der Waals surface area (Å²) in [6.45, 7) is 5.47. The number of hydrogen-bond donors (Lipinski definition) is 1. The van der Waals surface area contributed by atoms with Gasteiger partial charge in [0.1, 0.15) is 5.82 Å². The van der Waals surface area contributed by atoms with E-state index in [9.17, 15) is 4.39 Å². The molecule has 2 atom stereocenters. The fourth-order valence-corrected chi connectivity index (χ4v) is 3.58. The molecule has 7 heteroatoms. The van der Waals surface area contributed by atoms with Crippen LogP contribution in [0.1, 0.15) is 24.1 Å². The molecule has 25 heavy (non-hydrogen) atoms. The molecule has 0 saturated carbocycles. The van der Waals surface area contributed by atoms with Gasteiger partial charge in [-0.15, -0.1) is 0 Å². The second-order valence-electron chi connectivity index (χ2n) is 6.48. The smallest absolute Gasteiger partial charge is 0.129 e. The minimum Gasteiger partial charge on any atom is -0.376 e. The summed E-state index contributed by atoms with van der Waals surface area (Å²) >= 11 is 6.34. The maximum atomic E-state index is 14.5. The lowest BCUT2D eigenvalue weighted by atomic mass is 10.0. The quantitative estimate of drug-likeness (QED) is 0.853. The highest BCUT2D eigenvalue weighted by Crippen LogP contribution is 2.31. The van der Waals surface area contributed by atoms with E-state index in [0.29, 0.717) is 30.3 Å². The Balaban J connectivity index is 1.76. The van der Waals surface area contributed by atoms with E-state index < -0.39 is 0 Å². The van der Waals surface area contributed by atoms with E-state index in [0.717, 1.165) is 18.7 Å². The maximum Gasteiger partial charge on any atom is 0.129 e. The van der Waals surface area contributed by atoms with Crippen molar-refractivity contribution in [3.8, 4) is 0 Å². The number of morpholine rings is 1. The van der Waals surface area contributed by atoms with Gasteiger partial charge in [0.25, 0.3) is 0 Å². The van der Waals surface area contributed by atoms with Crippen molar-refractivity contribution in [3.05, 3.63) is 52.6 Å². The second-order valence-corrected chi connectivity index (χ2v) is 6.89. The molecule has 0 bridgehead atoms. The standard InChI is InChI=1S/C18H24ClFN4O/c1-13-11-24(6-7-25-13)17(18-15(19)4-3-5-16(18)20)10-21-8-14-9-22-23(2)12-14/h3-5,9,12-13,17,21H,6-8,10-11H2,1-2H3/t13-,17+/m1/s1. The van der Waals surface area contributed by atoms with Gasteiger partial charge >= 0.3 is 0 Å². The number of nitrogens with zero attached hydrogens (tertiary/aromatic N) is 3. The summed E-state index contributed by atoms with van der Waals surface area (Å²) in [5, 5.41) is 8.05. The summed E-state index contributed by atoms with van der Waals surface area (Å²) in [5.41, 5.74) is 1.65. The van der Waals surface area contributed by atoms with Crippen molar-refractivity contribution < 1.29 is 9.13 Å². The first-order chi connectivity index (χ1) is 12.0. The lowest BCUT2D eigenvalue weighted by Crippen LogP contribution is -2.46. The normalized spacial score (nSPS) is 19.9. The van der Waals surface area contributed by atoms with Crippen molar-refractivity contribution in [2.24, 2.45) is 7.05 Å². The van der Waals surface area contributed by atoms with Gasteiger partial charge in [-0.2, -0.15) is 5.10 Å². The molecule has 1 N–H and O–H groups in total. The van der Waals surface area contributed by atoms with Crippen LogP contribution in [0.15, 0.2) is 30.6 Å². The van der Waals surface area contributed by atoms with Gasteiger partial charge < -0.3 is 10.1 Å². The Bertz CT molecular complexity index is 688. The average molecular weight is 367 g/mol. The zero-order valence-electron chi connectivity index (χ0n) is 14.6. The third-order valence-electron chi connectivity index (χ3n) is 4.47. The molecule has 2 aromatic rings. The molecular weight excluding hydrogens is 343 g/mol. The SMILES string of the molecule is C[C@@H]1CN([C@@H](CNCc2cnn(C)c2)c2c(F)cccc2Cl)CCO1. The number of nitrogens with one attached hydrogen (secondary N) is 1. The number of ether oxygens (including phenoxy) is 1. The first-order valence-electron chi connectivity index (χ1n) is 8.52. The number of rotatable bonds is 6. The van der Waals surface area contributed by atoms with Crippen LogP contribution in [-0.2, 0) is 18.3 Å². The van der Waals surface area contributed by atoms with Crippen LogP contribution in [0, 0.1) is 5.82 Å². The van der Waals surface area contributed by atoms with E-state index >= 15 is 0 Å². The molecule has 5 nitrogen and oxygen atoms in total. The predicted molar refractivity (Wildman–Crippen MR) is 96.1 cm³/mol. The van der Waals surface area contributed by atoms with Gasteiger partial charge in [0, 0.05) is 55.6 Å². The van der Waals surface area contributed by atoms with E-state index in [1.165, 1.54) is 6.07 Å². The van der Waals surface area contributed by atoms with Gasteiger partial charge in [0.15, 0.2) is 0 Å². The lowest BCUT2D eigenvalue weighted by Gasteiger charge is -2.38. The van der Waals surface area contributed by atoms with Crippen LogP contribution in [0.3, 0.4) is 0 Å². The Morgan fingerprint density at radius 3 is 3.00 bits per heavy atom. The fourth-order valence-electron chi connectivity index (χ4n) is 3.29. The highest BCUT2D eigenvalue weighted by atomic mass is 35.5. The second kappa shape index (κ2) is 8.27. The first kappa shape index (κ1) is 18.3. The third-order valence-corrected chi connectivity index (χ3v) is 4.80. The van der Waals surface area contributed by atoms with E-state index in [1.54, 1.807) is 16.8 Å². The van der Waals surface area contributed by atoms with Crippen LogP contribution < -0.4 is 5.32 Å². The molecule has 2 heterocycles. The molecule has 0 aliphatic carbocycles. The van der Waals surface area contributed by atoms with Crippen molar-refractivity contribution in [2.45, 2.75) is 25.6 Å². The number of aromatic nitrogens is 2. The molecule has 0 spiro atoms. The number of hydrogen-bond acceptors (Lipinski definition) is 4. The average Bonchev–Trinajstić information content (AvgIpc) is 2.98. The minimum atomic E-state index is -0.264. The van der Waals surface area contributed by atoms with Crippen LogP contribution in [0.4, 0.5) is 4.39 Å². The summed E-state index contributed by atoms with van der Waals surface area (Å²) in [5.74, 6) is -0.264. The van der Waals surface area contributed by atoms with E-state index in [-0.39, 0.29) is 18.0 Å². The van der Waals surface area contributed by atoms with E-state index in [4.69, 9.17) is 16.3 Å². The highest BCUT2D eigenvalue weighted by Gasteiger charge is 2.28. The van der Waals surface area contributed by atoms with Crippen LogP contribution in [0.25, 0.3) is 0 Å². The highest BCUT2D eigenvalue weighted by molar-refractivity contribution is 6.31. The molecule has 0 radical (unpaired) electrons. The van der Waals surface area contributed by atoms with Crippen LogP contribution in [0.5, 0.6) is 0 Å². The molecule has 1 aliphatic heterocycles. The van der Waals surface area contributed by atoms with Gasteiger partial charge in [-0.05, 0) is 19.1 Å². The van der Waals surface area contributed by atoms with Crippen LogP contribution >= 0.6 is 11.6 Å². The summed E-state index contributed by atoms with van der Waals surface area (Å²) in [7, 11) is 1.89. The number of halogens is 2. The topological polar surface area (TPSA) is 42.3 Å². The minimum absolute atomic E-state index is 0.125. The van der Waals surface area contributed by atoms with Gasteiger partial charge in [-0.25, -0.2) is 4.39 Å². The Labute approximate surface area is 152 Å². The van der Waals surface area contributed by atoms with Crippen LogP contribution in [-0.4, -0.2) is 47.0 Å². The van der Waals surface area contributed by atoms with E-state index in [2.05, 4.69) is 15.3 Å². The molecule has 136 valence electrons. The summed E-state index contributed by atoms with van der Waals surface area (Å²) in [6, 6.07) is 4.72. The predicted octanol–water partition coefficient (Wildman–Crippen LogP) is 2.76. The van der Waals surface area contributed by atoms with Gasteiger partial charge in [0.2, 0.25) is 0 Å². The van der Waals surface area contributed by atoms with Crippen molar-refractivity contribution in [2.75, 3.05) is 26.2 Å². The zero-order chi connectivity index (χ0) is 17.8. The molecule has 1 saturated heterocycles. The van der Waals surface area contributed by atoms with Crippen molar-refractivity contribution in [3.63, 3.8) is 0 Å². The molecule has 1 fully saturated rings. The van der Waals surface area contributed by atoms with Crippen molar-refractivity contribution >= 4 is 11.6 Å². The van der Waals surface area contributed by atoms with Gasteiger partial charge in [0.05, 0.1) is 24.9 Å². The largest absolute Gasteiger partial charge is 0.376 e. The molecule has 3 rings (SSSR count). The Morgan fingerprint density at radius 2 is 2.32 bits per heavy atom. The first-order valence-corrected chi connectivity index (χ1v) is 8.90. The molecule has 1 aliphatic rings. The molecule has 1 aromatic heterocycles. The van der Waals surface area contributed by atoms with Gasteiger partial charge in [-0.1, -0.05) is 17.7 Å². The van der Waals surface area contributed by atoms with E-state index in [1.807, 2.05) is 26.4 Å². The lowest BCUT2D eigenvalue weighted by molar-refractivity contribution is -0.0349. The maximum absolute atomic E-state index is 14.5.